The van der Waals surface area contributed by atoms with Crippen LogP contribution in [-0.2, 0) is 4.79 Å². The van der Waals surface area contributed by atoms with Crippen molar-refractivity contribution in [3.63, 3.8) is 0 Å². The fourth-order valence-corrected chi connectivity index (χ4v) is 5.04. The molecule has 6 nitrogen and oxygen atoms in total. The predicted molar refractivity (Wildman–Crippen MR) is 143 cm³/mol. The molecule has 2 aromatic carbocycles. The SMILES string of the molecule is CC(=O)C1=NN(c2ccc(Cl)cc2Cl)[C@H](c2ccc(Cl)cc2)[C@@H]1C.CC1CCCC(C)N1N.O. The molecule has 34 heavy (non-hydrogen) atoms. The molecule has 0 aromatic heterocycles. The highest BCUT2D eigenvalue weighted by Crippen LogP contribution is 2.42. The van der Waals surface area contributed by atoms with Gasteiger partial charge in [0.2, 0.25) is 0 Å². The zero-order valence-corrected chi connectivity index (χ0v) is 22.2. The van der Waals surface area contributed by atoms with Crippen LogP contribution in [0.5, 0.6) is 0 Å². The van der Waals surface area contributed by atoms with Gasteiger partial charge < -0.3 is 5.48 Å². The summed E-state index contributed by atoms with van der Waals surface area (Å²) in [5, 5.41) is 10.0. The summed E-state index contributed by atoms with van der Waals surface area (Å²) in [5.41, 5.74) is 2.25. The van der Waals surface area contributed by atoms with E-state index in [0.717, 1.165) is 5.56 Å². The van der Waals surface area contributed by atoms with Crippen molar-refractivity contribution in [1.82, 2.24) is 5.01 Å². The Bertz CT molecular complexity index is 1010. The van der Waals surface area contributed by atoms with Gasteiger partial charge in [-0.2, -0.15) is 5.10 Å². The second-order valence-electron chi connectivity index (χ2n) is 8.84. The lowest BCUT2D eigenvalue weighted by atomic mass is 9.90. The Labute approximate surface area is 216 Å². The lowest BCUT2D eigenvalue weighted by Gasteiger charge is -2.34. The average molecular weight is 528 g/mol. The highest BCUT2D eigenvalue weighted by Gasteiger charge is 2.38. The summed E-state index contributed by atoms with van der Waals surface area (Å²) in [6.45, 7) is 7.90. The monoisotopic (exact) mass is 526 g/mol. The zero-order valence-electron chi connectivity index (χ0n) is 19.9. The van der Waals surface area contributed by atoms with Crippen LogP contribution in [0, 0.1) is 5.92 Å². The maximum Gasteiger partial charge on any atom is 0.176 e. The van der Waals surface area contributed by atoms with Crippen LogP contribution in [0.15, 0.2) is 47.6 Å². The molecule has 186 valence electrons. The molecule has 1 saturated heterocycles. The summed E-state index contributed by atoms with van der Waals surface area (Å²) in [6, 6.07) is 13.8. The van der Waals surface area contributed by atoms with Crippen molar-refractivity contribution in [3.05, 3.63) is 63.1 Å². The fourth-order valence-electron chi connectivity index (χ4n) is 4.42. The molecule has 0 bridgehead atoms. The van der Waals surface area contributed by atoms with Crippen LogP contribution in [0.2, 0.25) is 15.1 Å². The molecule has 0 aliphatic carbocycles. The van der Waals surface area contributed by atoms with E-state index >= 15 is 0 Å². The summed E-state index contributed by atoms with van der Waals surface area (Å²) < 4.78 is 0. The summed E-state index contributed by atoms with van der Waals surface area (Å²) in [7, 11) is 0. The quantitative estimate of drug-likeness (QED) is 0.489. The van der Waals surface area contributed by atoms with Crippen LogP contribution in [0.3, 0.4) is 0 Å². The molecule has 0 spiro atoms. The molecular weight excluding hydrogens is 495 g/mol. The van der Waals surface area contributed by atoms with Gasteiger partial charge in [-0.3, -0.25) is 15.6 Å². The first-order valence-electron chi connectivity index (χ1n) is 11.2. The number of ketones is 1. The molecule has 2 heterocycles. The number of carbonyl (C=O) groups is 1. The number of anilines is 1. The Kier molecular flexibility index (Phi) is 10.4. The van der Waals surface area contributed by atoms with Gasteiger partial charge in [0.05, 0.1) is 16.8 Å². The summed E-state index contributed by atoms with van der Waals surface area (Å²) in [6.07, 6.45) is 3.87. The van der Waals surface area contributed by atoms with Gasteiger partial charge in [0.1, 0.15) is 5.71 Å². The Morgan fingerprint density at radius 3 is 2.03 bits per heavy atom. The molecular formula is C25H33Cl3N4O2. The molecule has 0 radical (unpaired) electrons. The third-order valence-electron chi connectivity index (χ3n) is 6.37. The van der Waals surface area contributed by atoms with E-state index in [1.54, 1.807) is 17.1 Å². The van der Waals surface area contributed by atoms with Crippen LogP contribution >= 0.6 is 34.8 Å². The number of nitrogens with two attached hydrogens (primary N) is 1. The van der Waals surface area contributed by atoms with Crippen molar-refractivity contribution in [2.24, 2.45) is 16.9 Å². The molecule has 2 aliphatic rings. The first kappa shape index (κ1) is 28.6. The van der Waals surface area contributed by atoms with E-state index in [9.17, 15) is 4.79 Å². The van der Waals surface area contributed by atoms with E-state index in [-0.39, 0.29) is 23.2 Å². The molecule has 4 N–H and O–H groups in total. The number of nitrogens with zero attached hydrogens (tertiary/aromatic N) is 3. The minimum absolute atomic E-state index is 0. The van der Waals surface area contributed by atoms with E-state index in [1.165, 1.54) is 26.2 Å². The number of hydrogen-bond acceptors (Lipinski definition) is 5. The number of rotatable bonds is 3. The van der Waals surface area contributed by atoms with E-state index in [2.05, 4.69) is 18.9 Å². The van der Waals surface area contributed by atoms with Gasteiger partial charge in [-0.05, 0) is 62.6 Å². The number of piperidine rings is 1. The zero-order chi connectivity index (χ0) is 24.3. The van der Waals surface area contributed by atoms with Gasteiger partial charge in [-0.15, -0.1) is 0 Å². The number of hydrogen-bond donors (Lipinski definition) is 1. The molecule has 1 fully saturated rings. The normalized spacial score (nSPS) is 24.6. The van der Waals surface area contributed by atoms with Crippen molar-refractivity contribution in [2.75, 3.05) is 5.01 Å². The fraction of sp³-hybridized carbons (Fsp3) is 0.440. The average Bonchev–Trinajstić information content (AvgIpc) is 3.10. The van der Waals surface area contributed by atoms with Crippen LogP contribution in [-0.4, -0.2) is 34.1 Å². The number of benzene rings is 2. The van der Waals surface area contributed by atoms with Crippen molar-refractivity contribution in [1.29, 1.82) is 0 Å². The lowest BCUT2D eigenvalue weighted by Crippen LogP contribution is -2.48. The largest absolute Gasteiger partial charge is 0.412 e. The number of halogens is 3. The van der Waals surface area contributed by atoms with E-state index in [4.69, 9.17) is 40.6 Å². The summed E-state index contributed by atoms with van der Waals surface area (Å²) >= 11 is 18.4. The lowest BCUT2D eigenvalue weighted by molar-refractivity contribution is -0.111. The third kappa shape index (κ3) is 6.51. The van der Waals surface area contributed by atoms with Crippen molar-refractivity contribution in [2.45, 2.75) is 65.1 Å². The molecule has 2 aliphatic heterocycles. The standard InChI is InChI=1S/C18H15Cl3N2O.C7H16N2.H2O/c1-10-17(11(2)24)22-23(16-8-7-14(20)9-15(16)21)18(10)12-3-5-13(19)6-4-12;1-6-4-3-5-7(2)9(6)8;/h3-10,18H,1-2H3;6-7H,3-5,8H2,1-2H3;1H2/t10-,18+;;/m1../s1. The second kappa shape index (κ2) is 12.3. The third-order valence-corrected chi connectivity index (χ3v) is 7.16. The minimum Gasteiger partial charge on any atom is -0.412 e. The topological polar surface area (TPSA) is 93.4 Å². The Morgan fingerprint density at radius 1 is 0.971 bits per heavy atom. The highest BCUT2D eigenvalue weighted by molar-refractivity contribution is 6.41. The number of hydrazine groups is 1. The smallest absolute Gasteiger partial charge is 0.176 e. The van der Waals surface area contributed by atoms with Crippen molar-refractivity contribution < 1.29 is 10.3 Å². The van der Waals surface area contributed by atoms with Crippen LogP contribution in [0.1, 0.15) is 58.6 Å². The maximum atomic E-state index is 12.0. The summed E-state index contributed by atoms with van der Waals surface area (Å²) in [5.74, 6) is 5.63. The minimum atomic E-state index is -0.139. The van der Waals surface area contributed by atoms with E-state index in [0.29, 0.717) is 38.6 Å². The molecule has 2 unspecified atom stereocenters. The molecule has 9 heteroatoms. The van der Waals surface area contributed by atoms with Crippen molar-refractivity contribution in [3.8, 4) is 0 Å². The number of Topliss-reactive ketones (excluding diaryl/α,β-unsaturated/α-hetero) is 1. The predicted octanol–water partition coefficient (Wildman–Crippen LogP) is 6.09. The van der Waals surface area contributed by atoms with Crippen LogP contribution in [0.25, 0.3) is 0 Å². The number of hydrazone groups is 1. The van der Waals surface area contributed by atoms with E-state index in [1.807, 2.05) is 42.3 Å². The van der Waals surface area contributed by atoms with Gasteiger partial charge >= 0.3 is 0 Å². The second-order valence-corrected chi connectivity index (χ2v) is 10.1. The molecule has 4 rings (SSSR count). The summed E-state index contributed by atoms with van der Waals surface area (Å²) in [4.78, 5) is 12.0. The Hall–Kier alpha value is -1.67. The van der Waals surface area contributed by atoms with Gasteiger partial charge in [-0.25, -0.2) is 5.01 Å². The highest BCUT2D eigenvalue weighted by atomic mass is 35.5. The Morgan fingerprint density at radius 2 is 1.53 bits per heavy atom. The number of carbonyl (C=O) groups excluding carboxylic acids is 1. The molecule has 0 saturated carbocycles. The van der Waals surface area contributed by atoms with Gasteiger partial charge in [0, 0.05) is 35.0 Å². The molecule has 4 atom stereocenters. The first-order chi connectivity index (χ1) is 15.6. The first-order valence-corrected chi connectivity index (χ1v) is 12.4. The van der Waals surface area contributed by atoms with Crippen LogP contribution < -0.4 is 10.9 Å². The van der Waals surface area contributed by atoms with Gasteiger partial charge in [0.25, 0.3) is 0 Å². The van der Waals surface area contributed by atoms with E-state index < -0.39 is 0 Å². The van der Waals surface area contributed by atoms with Crippen molar-refractivity contribution >= 4 is 52.0 Å². The molecule has 2 aromatic rings. The van der Waals surface area contributed by atoms with Gasteiger partial charge in [-0.1, -0.05) is 60.3 Å². The maximum absolute atomic E-state index is 12.0. The van der Waals surface area contributed by atoms with Crippen LogP contribution in [0.4, 0.5) is 5.69 Å². The van der Waals surface area contributed by atoms with Gasteiger partial charge in [0.15, 0.2) is 5.78 Å². The molecule has 0 amide bonds. The Balaban J connectivity index is 0.000000345.